The summed E-state index contributed by atoms with van der Waals surface area (Å²) in [6, 6.07) is 19.2. The fourth-order valence-electron chi connectivity index (χ4n) is 2.26. The number of amides is 2. The van der Waals surface area contributed by atoms with Gasteiger partial charge in [-0.25, -0.2) is 9.69 Å². The fourth-order valence-corrected chi connectivity index (χ4v) is 2.26. The van der Waals surface area contributed by atoms with Gasteiger partial charge in [-0.3, -0.25) is 4.79 Å². The third kappa shape index (κ3) is 6.77. The summed E-state index contributed by atoms with van der Waals surface area (Å²) in [5, 5.41) is 0. The Bertz CT molecular complexity index is 658. The van der Waals surface area contributed by atoms with Gasteiger partial charge in [-0.1, -0.05) is 60.7 Å². The first-order chi connectivity index (χ1) is 12.2. The average Bonchev–Trinajstić information content (AvgIpc) is 2.64. The van der Waals surface area contributed by atoms with E-state index in [4.69, 9.17) is 9.47 Å². The standard InChI is InChI=1S/C20H23NO4/c1-17(22)21(20(23)25-16-19-11-6-3-7-12-19)13-8-14-24-15-18-9-4-2-5-10-18/h2-7,9-12H,8,13-16H2,1H3. The van der Waals surface area contributed by atoms with Crippen molar-refractivity contribution in [2.24, 2.45) is 0 Å². The largest absolute Gasteiger partial charge is 0.444 e. The van der Waals surface area contributed by atoms with E-state index in [0.29, 0.717) is 19.6 Å². The Hall–Kier alpha value is -2.66. The molecule has 25 heavy (non-hydrogen) atoms. The number of hydrogen-bond acceptors (Lipinski definition) is 4. The van der Waals surface area contributed by atoms with Crippen molar-refractivity contribution in [3.05, 3.63) is 71.8 Å². The fraction of sp³-hybridized carbons (Fsp3) is 0.300. The molecular weight excluding hydrogens is 318 g/mol. The van der Waals surface area contributed by atoms with Crippen LogP contribution >= 0.6 is 0 Å². The molecule has 0 aliphatic heterocycles. The molecule has 132 valence electrons. The van der Waals surface area contributed by atoms with E-state index in [1.807, 2.05) is 60.7 Å². The van der Waals surface area contributed by atoms with Crippen molar-refractivity contribution in [1.29, 1.82) is 0 Å². The van der Waals surface area contributed by atoms with Gasteiger partial charge in [0.25, 0.3) is 0 Å². The van der Waals surface area contributed by atoms with Gasteiger partial charge in [0.1, 0.15) is 6.61 Å². The zero-order chi connectivity index (χ0) is 17.9. The third-order valence-corrected chi connectivity index (χ3v) is 3.59. The smallest absolute Gasteiger partial charge is 0.416 e. The lowest BCUT2D eigenvalue weighted by atomic mass is 10.2. The van der Waals surface area contributed by atoms with Crippen LogP contribution in [0.15, 0.2) is 60.7 Å². The molecule has 2 aromatic carbocycles. The second-order valence-electron chi connectivity index (χ2n) is 5.60. The predicted octanol–water partition coefficient (Wildman–Crippen LogP) is 3.78. The lowest BCUT2D eigenvalue weighted by molar-refractivity contribution is -0.127. The van der Waals surface area contributed by atoms with E-state index in [-0.39, 0.29) is 19.1 Å². The van der Waals surface area contributed by atoms with Crippen molar-refractivity contribution in [2.45, 2.75) is 26.6 Å². The summed E-state index contributed by atoms with van der Waals surface area (Å²) in [5.41, 5.74) is 1.97. The van der Waals surface area contributed by atoms with Gasteiger partial charge in [-0.15, -0.1) is 0 Å². The first kappa shape index (κ1) is 18.7. The molecule has 2 amide bonds. The Morgan fingerprint density at radius 3 is 2.00 bits per heavy atom. The molecule has 0 saturated heterocycles. The number of nitrogens with zero attached hydrogens (tertiary/aromatic N) is 1. The molecule has 0 unspecified atom stereocenters. The molecule has 0 aliphatic carbocycles. The third-order valence-electron chi connectivity index (χ3n) is 3.59. The van der Waals surface area contributed by atoms with Gasteiger partial charge in [0, 0.05) is 20.1 Å². The maximum absolute atomic E-state index is 12.1. The van der Waals surface area contributed by atoms with Crippen LogP contribution in [0.4, 0.5) is 4.79 Å². The summed E-state index contributed by atoms with van der Waals surface area (Å²) in [6.07, 6.45) is -0.0632. The van der Waals surface area contributed by atoms with Crippen LogP contribution in [-0.2, 0) is 27.5 Å². The number of hydrogen-bond donors (Lipinski definition) is 0. The molecule has 5 heteroatoms. The predicted molar refractivity (Wildman–Crippen MR) is 94.7 cm³/mol. The monoisotopic (exact) mass is 341 g/mol. The highest BCUT2D eigenvalue weighted by molar-refractivity contribution is 5.90. The molecule has 2 rings (SSSR count). The van der Waals surface area contributed by atoms with Crippen LogP contribution in [0.2, 0.25) is 0 Å². The quantitative estimate of drug-likeness (QED) is 0.686. The van der Waals surface area contributed by atoms with Crippen molar-refractivity contribution in [2.75, 3.05) is 13.2 Å². The molecule has 0 heterocycles. The van der Waals surface area contributed by atoms with Gasteiger partial charge in [0.15, 0.2) is 0 Å². The second-order valence-corrected chi connectivity index (χ2v) is 5.60. The SMILES string of the molecule is CC(=O)N(CCCOCc1ccccc1)C(=O)OCc1ccccc1. The molecule has 0 fully saturated rings. The second kappa shape index (κ2) is 10.3. The molecule has 0 bridgehead atoms. The number of rotatable bonds is 8. The maximum Gasteiger partial charge on any atom is 0.416 e. The van der Waals surface area contributed by atoms with E-state index in [0.717, 1.165) is 16.0 Å². The van der Waals surface area contributed by atoms with E-state index in [2.05, 4.69) is 0 Å². The summed E-state index contributed by atoms with van der Waals surface area (Å²) >= 11 is 0. The van der Waals surface area contributed by atoms with Crippen LogP contribution in [0.1, 0.15) is 24.5 Å². The molecule has 0 aliphatic rings. The molecule has 2 aromatic rings. The summed E-state index contributed by atoms with van der Waals surface area (Å²) in [6.45, 7) is 2.75. The van der Waals surface area contributed by atoms with Crippen molar-refractivity contribution in [3.63, 3.8) is 0 Å². The van der Waals surface area contributed by atoms with Crippen LogP contribution in [0, 0.1) is 0 Å². The number of ether oxygens (including phenoxy) is 2. The van der Waals surface area contributed by atoms with Crippen LogP contribution in [0.25, 0.3) is 0 Å². The van der Waals surface area contributed by atoms with Crippen LogP contribution in [-0.4, -0.2) is 30.1 Å². The molecule has 0 saturated carbocycles. The van der Waals surface area contributed by atoms with E-state index >= 15 is 0 Å². The van der Waals surface area contributed by atoms with E-state index in [1.165, 1.54) is 6.92 Å². The summed E-state index contributed by atoms with van der Waals surface area (Å²) in [7, 11) is 0. The highest BCUT2D eigenvalue weighted by Gasteiger charge is 2.19. The Kier molecular flexibility index (Phi) is 7.66. The Morgan fingerprint density at radius 1 is 0.880 bits per heavy atom. The minimum absolute atomic E-state index is 0.147. The normalized spacial score (nSPS) is 10.3. The Labute approximate surface area is 148 Å². The molecule has 0 aromatic heterocycles. The van der Waals surface area contributed by atoms with Gasteiger partial charge in [0.2, 0.25) is 5.91 Å². The number of benzene rings is 2. The first-order valence-electron chi connectivity index (χ1n) is 8.27. The Morgan fingerprint density at radius 2 is 1.44 bits per heavy atom. The van der Waals surface area contributed by atoms with Gasteiger partial charge >= 0.3 is 6.09 Å². The highest BCUT2D eigenvalue weighted by atomic mass is 16.6. The summed E-state index contributed by atoms with van der Waals surface area (Å²) in [5.74, 6) is -0.332. The maximum atomic E-state index is 12.1. The lowest BCUT2D eigenvalue weighted by Crippen LogP contribution is -2.36. The van der Waals surface area contributed by atoms with Crippen molar-refractivity contribution in [1.82, 2.24) is 4.90 Å². The lowest BCUT2D eigenvalue weighted by Gasteiger charge is -2.18. The summed E-state index contributed by atoms with van der Waals surface area (Å²) < 4.78 is 10.8. The zero-order valence-electron chi connectivity index (χ0n) is 14.4. The molecule has 0 radical (unpaired) electrons. The van der Waals surface area contributed by atoms with Crippen LogP contribution in [0.5, 0.6) is 0 Å². The van der Waals surface area contributed by atoms with E-state index in [9.17, 15) is 9.59 Å². The molecule has 0 N–H and O–H groups in total. The van der Waals surface area contributed by atoms with Crippen LogP contribution < -0.4 is 0 Å². The molecule has 0 atom stereocenters. The topological polar surface area (TPSA) is 55.8 Å². The molecular formula is C20H23NO4. The summed E-state index contributed by atoms with van der Waals surface area (Å²) in [4.78, 5) is 24.9. The van der Waals surface area contributed by atoms with Crippen molar-refractivity contribution in [3.8, 4) is 0 Å². The highest BCUT2D eigenvalue weighted by Crippen LogP contribution is 2.05. The Balaban J connectivity index is 1.70. The van der Waals surface area contributed by atoms with Crippen molar-refractivity contribution < 1.29 is 19.1 Å². The van der Waals surface area contributed by atoms with Gasteiger partial charge < -0.3 is 9.47 Å². The zero-order valence-corrected chi connectivity index (χ0v) is 14.4. The van der Waals surface area contributed by atoms with E-state index in [1.54, 1.807) is 0 Å². The van der Waals surface area contributed by atoms with Gasteiger partial charge in [-0.2, -0.15) is 0 Å². The number of carbonyl (C=O) groups is 2. The average molecular weight is 341 g/mol. The van der Waals surface area contributed by atoms with Gasteiger partial charge in [-0.05, 0) is 17.5 Å². The van der Waals surface area contributed by atoms with E-state index < -0.39 is 6.09 Å². The minimum Gasteiger partial charge on any atom is -0.444 e. The molecule has 5 nitrogen and oxygen atoms in total. The first-order valence-corrected chi connectivity index (χ1v) is 8.27. The number of imide groups is 1. The van der Waals surface area contributed by atoms with Crippen LogP contribution in [0.3, 0.4) is 0 Å². The van der Waals surface area contributed by atoms with Crippen molar-refractivity contribution >= 4 is 12.0 Å². The minimum atomic E-state index is -0.626. The molecule has 0 spiro atoms. The number of carbonyl (C=O) groups excluding carboxylic acids is 2. The van der Waals surface area contributed by atoms with Gasteiger partial charge in [0.05, 0.1) is 6.61 Å².